The maximum absolute atomic E-state index is 5.87. The number of fused-ring (bicyclic) bond motifs is 1. The molecule has 0 radical (unpaired) electrons. The van der Waals surface area contributed by atoms with Crippen LogP contribution in [0.2, 0.25) is 0 Å². The summed E-state index contributed by atoms with van der Waals surface area (Å²) >= 11 is 3.53. The lowest BCUT2D eigenvalue weighted by Gasteiger charge is -2.12. The molecule has 0 saturated heterocycles. The lowest BCUT2D eigenvalue weighted by atomic mass is 10.2. The van der Waals surface area contributed by atoms with Gasteiger partial charge in [-0.2, -0.15) is 0 Å². The summed E-state index contributed by atoms with van der Waals surface area (Å²) in [6.45, 7) is 0. The van der Waals surface area contributed by atoms with E-state index in [1.54, 1.807) is 0 Å². The van der Waals surface area contributed by atoms with Crippen LogP contribution in [0, 0.1) is 0 Å². The molecule has 1 aliphatic carbocycles. The highest BCUT2D eigenvalue weighted by Gasteiger charge is 2.21. The first kappa shape index (κ1) is 10.1. The number of rotatable bonds is 1. The van der Waals surface area contributed by atoms with E-state index >= 15 is 0 Å². The summed E-state index contributed by atoms with van der Waals surface area (Å²) < 4.78 is 3.23. The highest BCUT2D eigenvalue weighted by molar-refractivity contribution is 9.10. The third-order valence-corrected chi connectivity index (χ3v) is 3.91. The minimum absolute atomic E-state index is 0.550. The second kappa shape index (κ2) is 3.73. The molecular weight excluding hydrogens is 268 g/mol. The molecule has 0 atom stereocenters. The fraction of sp³-hybridized carbons (Fsp3) is 0.455. The van der Waals surface area contributed by atoms with Gasteiger partial charge in [-0.25, -0.2) is 9.97 Å². The Balaban J connectivity index is 2.22. The van der Waals surface area contributed by atoms with Crippen LogP contribution in [0.3, 0.4) is 0 Å². The van der Waals surface area contributed by atoms with Crippen molar-refractivity contribution >= 4 is 32.8 Å². The Kier molecular flexibility index (Phi) is 2.35. The van der Waals surface area contributed by atoms with E-state index in [-0.39, 0.29) is 0 Å². The molecule has 1 aliphatic rings. The summed E-state index contributed by atoms with van der Waals surface area (Å²) in [5, 5.41) is 0.939. The highest BCUT2D eigenvalue weighted by Crippen LogP contribution is 2.36. The van der Waals surface area contributed by atoms with Gasteiger partial charge in [0, 0.05) is 16.7 Å². The van der Waals surface area contributed by atoms with Gasteiger partial charge in [0.05, 0.1) is 5.39 Å². The average molecular weight is 281 g/mol. The molecular formula is C11H13BrN4. The number of halogens is 1. The fourth-order valence-electron chi connectivity index (χ4n) is 2.52. The zero-order valence-electron chi connectivity index (χ0n) is 8.86. The standard InChI is InChI=1S/C11H13BrN4/c12-8-5-16(7-3-1-2-4-7)11-9(8)10(13)14-6-15-11/h5-7H,1-4H2,(H2,13,14,15). The van der Waals surface area contributed by atoms with Crippen molar-refractivity contribution < 1.29 is 0 Å². The van der Waals surface area contributed by atoms with E-state index in [2.05, 4.69) is 36.7 Å². The first-order valence-electron chi connectivity index (χ1n) is 5.54. The van der Waals surface area contributed by atoms with E-state index in [4.69, 9.17) is 5.73 Å². The Morgan fingerprint density at radius 2 is 2.06 bits per heavy atom. The average Bonchev–Trinajstić information content (AvgIpc) is 2.86. The molecule has 2 heterocycles. The van der Waals surface area contributed by atoms with Gasteiger partial charge in [-0.1, -0.05) is 12.8 Å². The predicted molar refractivity (Wildman–Crippen MR) is 67.1 cm³/mol. The van der Waals surface area contributed by atoms with Gasteiger partial charge in [0.25, 0.3) is 0 Å². The number of nitrogen functional groups attached to an aromatic ring is 1. The first-order valence-corrected chi connectivity index (χ1v) is 6.33. The predicted octanol–water partition coefficient (Wildman–Crippen LogP) is 2.89. The normalized spacial score (nSPS) is 17.3. The largest absolute Gasteiger partial charge is 0.383 e. The van der Waals surface area contributed by atoms with E-state index in [0.717, 1.165) is 15.5 Å². The van der Waals surface area contributed by atoms with E-state index in [9.17, 15) is 0 Å². The number of aromatic nitrogens is 3. The van der Waals surface area contributed by atoms with Crippen molar-refractivity contribution in [3.05, 3.63) is 17.0 Å². The van der Waals surface area contributed by atoms with E-state index in [1.807, 2.05) is 0 Å². The molecule has 16 heavy (non-hydrogen) atoms. The van der Waals surface area contributed by atoms with Crippen LogP contribution >= 0.6 is 15.9 Å². The molecule has 1 fully saturated rings. The highest BCUT2D eigenvalue weighted by atomic mass is 79.9. The molecule has 0 bridgehead atoms. The topological polar surface area (TPSA) is 56.7 Å². The number of anilines is 1. The van der Waals surface area contributed by atoms with Crippen LogP contribution < -0.4 is 5.73 Å². The zero-order valence-corrected chi connectivity index (χ0v) is 10.4. The van der Waals surface area contributed by atoms with E-state index < -0.39 is 0 Å². The van der Waals surface area contributed by atoms with Crippen molar-refractivity contribution in [2.75, 3.05) is 5.73 Å². The van der Waals surface area contributed by atoms with Crippen LogP contribution in [0.1, 0.15) is 31.7 Å². The van der Waals surface area contributed by atoms with Crippen molar-refractivity contribution in [3.8, 4) is 0 Å². The van der Waals surface area contributed by atoms with Crippen molar-refractivity contribution in [2.24, 2.45) is 0 Å². The Hall–Kier alpha value is -1.10. The maximum atomic E-state index is 5.87. The van der Waals surface area contributed by atoms with Crippen LogP contribution in [0.15, 0.2) is 17.0 Å². The van der Waals surface area contributed by atoms with E-state index in [1.165, 1.54) is 32.0 Å². The first-order chi connectivity index (χ1) is 7.77. The summed E-state index contributed by atoms with van der Waals surface area (Å²) in [7, 11) is 0. The van der Waals surface area contributed by atoms with Gasteiger partial charge in [0.2, 0.25) is 0 Å². The summed E-state index contributed by atoms with van der Waals surface area (Å²) in [4.78, 5) is 8.38. The summed E-state index contributed by atoms with van der Waals surface area (Å²) in [5.74, 6) is 0.550. The molecule has 0 aliphatic heterocycles. The molecule has 84 valence electrons. The second-order valence-corrected chi connectivity index (χ2v) is 5.13. The third kappa shape index (κ3) is 1.42. The fourth-order valence-corrected chi connectivity index (χ4v) is 3.12. The summed E-state index contributed by atoms with van der Waals surface area (Å²) in [6, 6.07) is 0.572. The number of hydrogen-bond acceptors (Lipinski definition) is 3. The Labute approximate surface area is 102 Å². The quantitative estimate of drug-likeness (QED) is 0.874. The lowest BCUT2D eigenvalue weighted by Crippen LogP contribution is -2.04. The molecule has 0 spiro atoms. The van der Waals surface area contributed by atoms with Crippen LogP contribution in [0.4, 0.5) is 5.82 Å². The van der Waals surface area contributed by atoms with Crippen molar-refractivity contribution in [1.29, 1.82) is 0 Å². The van der Waals surface area contributed by atoms with Crippen LogP contribution in [-0.4, -0.2) is 14.5 Å². The van der Waals surface area contributed by atoms with E-state index in [0.29, 0.717) is 11.9 Å². The molecule has 0 unspecified atom stereocenters. The smallest absolute Gasteiger partial charge is 0.146 e. The van der Waals surface area contributed by atoms with Gasteiger partial charge in [-0.3, -0.25) is 0 Å². The minimum Gasteiger partial charge on any atom is -0.383 e. The van der Waals surface area contributed by atoms with Gasteiger partial charge in [-0.15, -0.1) is 0 Å². The molecule has 2 aromatic heterocycles. The lowest BCUT2D eigenvalue weighted by molar-refractivity contribution is 0.532. The molecule has 3 rings (SSSR count). The number of nitrogens with two attached hydrogens (primary N) is 1. The Morgan fingerprint density at radius 3 is 2.81 bits per heavy atom. The number of hydrogen-bond donors (Lipinski definition) is 1. The van der Waals surface area contributed by atoms with Crippen molar-refractivity contribution in [2.45, 2.75) is 31.7 Å². The molecule has 0 amide bonds. The van der Waals surface area contributed by atoms with Gasteiger partial charge in [0.1, 0.15) is 17.8 Å². The van der Waals surface area contributed by atoms with Crippen molar-refractivity contribution in [1.82, 2.24) is 14.5 Å². The van der Waals surface area contributed by atoms with Crippen LogP contribution in [0.25, 0.3) is 11.0 Å². The van der Waals surface area contributed by atoms with Gasteiger partial charge in [-0.05, 0) is 28.8 Å². The Bertz CT molecular complexity index is 528. The summed E-state index contributed by atoms with van der Waals surface area (Å²) in [6.07, 6.45) is 8.71. The van der Waals surface area contributed by atoms with Crippen LogP contribution in [-0.2, 0) is 0 Å². The molecule has 0 aromatic carbocycles. The SMILES string of the molecule is Nc1ncnc2c1c(Br)cn2C1CCCC1. The molecule has 2 N–H and O–H groups in total. The van der Waals surface area contributed by atoms with Crippen molar-refractivity contribution in [3.63, 3.8) is 0 Å². The number of nitrogens with zero attached hydrogens (tertiary/aromatic N) is 3. The third-order valence-electron chi connectivity index (χ3n) is 3.31. The second-order valence-electron chi connectivity index (χ2n) is 4.28. The minimum atomic E-state index is 0.550. The Morgan fingerprint density at radius 1 is 1.31 bits per heavy atom. The maximum Gasteiger partial charge on any atom is 0.146 e. The van der Waals surface area contributed by atoms with Gasteiger partial charge >= 0.3 is 0 Å². The molecule has 5 heteroatoms. The monoisotopic (exact) mass is 280 g/mol. The zero-order chi connectivity index (χ0) is 11.1. The molecule has 4 nitrogen and oxygen atoms in total. The van der Waals surface area contributed by atoms with Gasteiger partial charge in [0.15, 0.2) is 0 Å². The summed E-state index contributed by atoms with van der Waals surface area (Å²) in [5.41, 5.74) is 6.82. The van der Waals surface area contributed by atoms with Gasteiger partial charge < -0.3 is 10.3 Å². The molecule has 2 aromatic rings. The van der Waals surface area contributed by atoms with Crippen LogP contribution in [0.5, 0.6) is 0 Å². The molecule has 1 saturated carbocycles.